The van der Waals surface area contributed by atoms with Crippen LogP contribution >= 0.6 is 0 Å². The van der Waals surface area contributed by atoms with E-state index >= 15 is 0 Å². The van der Waals surface area contributed by atoms with Gasteiger partial charge in [0.2, 0.25) is 0 Å². The highest BCUT2D eigenvalue weighted by molar-refractivity contribution is 6.91. The van der Waals surface area contributed by atoms with Crippen molar-refractivity contribution in [3.8, 4) is 0 Å². The summed E-state index contributed by atoms with van der Waals surface area (Å²) in [4.78, 5) is 10.0. The van der Waals surface area contributed by atoms with E-state index in [0.29, 0.717) is 6.61 Å². The minimum atomic E-state index is -2.47. The Kier molecular flexibility index (Phi) is 22.4. The largest absolute Gasteiger partial charge is 0.500 e. The van der Waals surface area contributed by atoms with Crippen LogP contribution in [0.3, 0.4) is 0 Å². The molecule has 6 nitrogen and oxygen atoms in total. The van der Waals surface area contributed by atoms with Crippen LogP contribution in [0.2, 0.25) is 69.5 Å². The third-order valence-electron chi connectivity index (χ3n) is 9.56. The van der Waals surface area contributed by atoms with Crippen LogP contribution < -0.4 is 10.4 Å². The monoisotopic (exact) mass is 716 g/mol. The second kappa shape index (κ2) is 23.4. The number of hydrogen-bond donors (Lipinski definition) is 0. The number of benzene rings is 1. The summed E-state index contributed by atoms with van der Waals surface area (Å²) < 4.78 is 23.3. The molecule has 11 heteroatoms. The Morgan fingerprint density at radius 3 is 1.49 bits per heavy atom. The first-order valence-electron chi connectivity index (χ1n) is 18.0. The maximum atomic E-state index is 6.59. The van der Waals surface area contributed by atoms with Gasteiger partial charge >= 0.3 is 8.80 Å². The van der Waals surface area contributed by atoms with Crippen molar-refractivity contribution in [1.29, 1.82) is 0 Å². The van der Waals surface area contributed by atoms with E-state index in [4.69, 9.17) is 27.2 Å². The Hall–Kier alpha value is 0.0644. The van der Waals surface area contributed by atoms with Gasteiger partial charge in [-0.25, -0.2) is 9.78 Å². The summed E-state index contributed by atoms with van der Waals surface area (Å²) in [5.74, 6) is 0. The molecule has 1 aromatic carbocycles. The lowest BCUT2D eigenvalue weighted by Gasteiger charge is -2.28. The molecular weight excluding hydrogens is 645 g/mol. The maximum Gasteiger partial charge on any atom is 0.500 e. The van der Waals surface area contributed by atoms with E-state index in [2.05, 4.69) is 63.5 Å². The summed E-state index contributed by atoms with van der Waals surface area (Å²) in [6.45, 7) is 18.3. The highest BCUT2D eigenvalue weighted by Crippen LogP contribution is 2.23. The molecule has 0 bridgehead atoms. The molecule has 0 fully saturated rings. The topological polar surface area (TPSA) is 55.4 Å². The van der Waals surface area contributed by atoms with E-state index in [9.17, 15) is 0 Å². The fourth-order valence-electron chi connectivity index (χ4n) is 6.15. The predicted octanol–water partition coefficient (Wildman–Crippen LogP) is 8.38. The van der Waals surface area contributed by atoms with Crippen LogP contribution in [0.4, 0.5) is 0 Å². The predicted molar refractivity (Wildman–Crippen MR) is 207 cm³/mol. The number of hydrogen-bond acceptors (Lipinski definition) is 6. The Morgan fingerprint density at radius 2 is 1.00 bits per heavy atom. The number of rotatable bonds is 29. The van der Waals surface area contributed by atoms with Crippen LogP contribution in [-0.4, -0.2) is 77.6 Å². The molecule has 0 N–H and O–H groups in total. The van der Waals surface area contributed by atoms with Gasteiger partial charge in [-0.2, -0.15) is 0 Å². The lowest BCUT2D eigenvalue weighted by atomic mass is 10.1. The van der Waals surface area contributed by atoms with Crippen LogP contribution in [-0.2, 0) is 27.2 Å². The molecule has 1 rings (SSSR count). The van der Waals surface area contributed by atoms with Crippen molar-refractivity contribution in [2.24, 2.45) is 0 Å². The van der Waals surface area contributed by atoms with E-state index in [1.165, 1.54) is 75.9 Å². The fraction of sp³-hybridized carbons (Fsp3) is 0.824. The first-order valence-corrected chi connectivity index (χ1v) is 31.1. The minimum Gasteiger partial charge on any atom is -0.460 e. The summed E-state index contributed by atoms with van der Waals surface area (Å²) in [6, 6.07) is 16.0. The van der Waals surface area contributed by atoms with Crippen LogP contribution in [0.5, 0.6) is 0 Å². The highest BCUT2D eigenvalue weighted by atomic mass is 28.4. The molecule has 264 valence electrons. The average Bonchev–Trinajstić information content (AvgIpc) is 3.01. The second-order valence-electron chi connectivity index (χ2n) is 14.7. The van der Waals surface area contributed by atoms with Crippen LogP contribution in [0.25, 0.3) is 0 Å². The Balaban J connectivity index is 2.30. The molecule has 0 unspecified atom stereocenters. The summed E-state index contributed by atoms with van der Waals surface area (Å²) in [5, 5.41) is 3.26. The van der Waals surface area contributed by atoms with E-state index in [0.717, 1.165) is 31.5 Å². The van der Waals surface area contributed by atoms with Gasteiger partial charge in [0.25, 0.3) is 0 Å². The van der Waals surface area contributed by atoms with Crippen LogP contribution in [0, 0.1) is 0 Å². The van der Waals surface area contributed by atoms with Gasteiger partial charge in [-0.1, -0.05) is 131 Å². The molecule has 0 spiro atoms. The molecule has 0 saturated carbocycles. The highest BCUT2D eigenvalue weighted by Gasteiger charge is 2.38. The molecule has 0 saturated heterocycles. The molecule has 45 heavy (non-hydrogen) atoms. The molecule has 0 aliphatic carbocycles. The van der Waals surface area contributed by atoms with Crippen molar-refractivity contribution in [3.05, 3.63) is 24.3 Å². The van der Waals surface area contributed by atoms with Gasteiger partial charge in [0.05, 0.1) is 29.4 Å². The Bertz CT molecular complexity index is 857. The van der Waals surface area contributed by atoms with E-state index in [1.807, 2.05) is 6.92 Å². The summed E-state index contributed by atoms with van der Waals surface area (Å²) in [5.41, 5.74) is 0. The molecule has 0 aromatic heterocycles. The van der Waals surface area contributed by atoms with Crippen LogP contribution in [0.15, 0.2) is 24.3 Å². The SMILES string of the molecule is CCOOCCCCCCCCCCC[Si](C)(C)c1ccc([Si](C)(C)CCC[SiH2]O[Si](C)(C)CCC[Si](OC)(OC)OC)cc1. The third-order valence-corrected chi connectivity index (χ3v) is 25.7. The zero-order valence-electron chi connectivity index (χ0n) is 31.2. The van der Waals surface area contributed by atoms with Gasteiger partial charge < -0.3 is 17.4 Å². The number of unbranched alkanes of at least 4 members (excludes halogenated alkanes) is 8. The minimum absolute atomic E-state index is 0.469. The van der Waals surface area contributed by atoms with E-state index in [1.54, 1.807) is 31.7 Å². The Labute approximate surface area is 285 Å². The molecule has 0 aliphatic rings. The molecule has 0 aliphatic heterocycles. The van der Waals surface area contributed by atoms with Crippen LogP contribution in [0.1, 0.15) is 77.6 Å². The van der Waals surface area contributed by atoms with Crippen molar-refractivity contribution in [3.63, 3.8) is 0 Å². The summed E-state index contributed by atoms with van der Waals surface area (Å²) in [6.07, 6.45) is 14.4. The molecule has 0 atom stereocenters. The molecule has 1 aromatic rings. The van der Waals surface area contributed by atoms with Gasteiger partial charge in [-0.3, -0.25) is 0 Å². The van der Waals surface area contributed by atoms with Crippen molar-refractivity contribution in [1.82, 2.24) is 0 Å². The van der Waals surface area contributed by atoms with Gasteiger partial charge in [0.15, 0.2) is 8.32 Å². The Morgan fingerprint density at radius 1 is 0.533 bits per heavy atom. The normalized spacial score (nSPS) is 13.4. The van der Waals surface area contributed by atoms with E-state index in [-0.39, 0.29) is 0 Å². The zero-order valence-corrected chi connectivity index (χ0v) is 36.6. The lowest BCUT2D eigenvalue weighted by Crippen LogP contribution is -2.45. The zero-order chi connectivity index (χ0) is 33.7. The molecule has 0 heterocycles. The lowest BCUT2D eigenvalue weighted by molar-refractivity contribution is -0.291. The van der Waals surface area contributed by atoms with Gasteiger partial charge in [0, 0.05) is 27.4 Å². The average molecular weight is 717 g/mol. The van der Waals surface area contributed by atoms with Gasteiger partial charge in [0.1, 0.15) is 9.76 Å². The summed E-state index contributed by atoms with van der Waals surface area (Å²) >= 11 is 0. The smallest absolute Gasteiger partial charge is 0.460 e. The van der Waals surface area contributed by atoms with Crippen molar-refractivity contribution < 1.29 is 27.2 Å². The quantitative estimate of drug-likeness (QED) is 0.0360. The standard InChI is InChI=1S/C34H72O6Si5/c1-11-38-39-27-19-17-15-13-12-14-16-18-20-29-42(5,6)33-23-25-34(26-24-33)43(7,8)30-21-28-41-40-44(9,10)31-22-32-45(35-2,36-3)37-4/h23-26H,11-22,27-32,41H2,1-10H3. The van der Waals surface area contributed by atoms with E-state index < -0.39 is 43.0 Å². The molecule has 0 amide bonds. The van der Waals surface area contributed by atoms with Crippen molar-refractivity contribution in [2.75, 3.05) is 34.5 Å². The maximum absolute atomic E-state index is 6.59. The third kappa shape index (κ3) is 18.4. The first-order chi connectivity index (χ1) is 21.4. The van der Waals surface area contributed by atoms with Crippen molar-refractivity contribution >= 4 is 53.4 Å². The summed E-state index contributed by atoms with van der Waals surface area (Å²) in [7, 11) is -2.27. The van der Waals surface area contributed by atoms with Gasteiger partial charge in [-0.15, -0.1) is 0 Å². The molecule has 0 radical (unpaired) electrons. The van der Waals surface area contributed by atoms with Gasteiger partial charge in [-0.05, 0) is 44.9 Å². The second-order valence-corrected chi connectivity index (χ2v) is 33.8. The molecular formula is C34H72O6Si5. The first kappa shape index (κ1) is 43.1. The fourth-order valence-corrected chi connectivity index (χ4v) is 18.6. The van der Waals surface area contributed by atoms with Crippen molar-refractivity contribution in [2.45, 2.75) is 147 Å².